The second kappa shape index (κ2) is 6.15. The Morgan fingerprint density at radius 2 is 2.05 bits per heavy atom. The van der Waals surface area contributed by atoms with Crippen LogP contribution >= 0.6 is 0 Å². The summed E-state index contributed by atoms with van der Waals surface area (Å²) in [6.45, 7) is 4.12. The van der Waals surface area contributed by atoms with E-state index in [9.17, 15) is 0 Å². The SMILES string of the molecule is CCc1cccc(Oc2ncnc(NN)c2CC)c1. The third-order valence-electron chi connectivity index (χ3n) is 2.92. The molecule has 0 saturated heterocycles. The average Bonchev–Trinajstić information content (AvgIpc) is 2.47. The number of anilines is 1. The molecule has 0 radical (unpaired) electrons. The molecular formula is C14H18N4O. The second-order valence-electron chi connectivity index (χ2n) is 4.11. The number of aryl methyl sites for hydroxylation is 1. The number of nitrogens with zero attached hydrogens (tertiary/aromatic N) is 2. The molecule has 0 unspecified atom stereocenters. The summed E-state index contributed by atoms with van der Waals surface area (Å²) in [4.78, 5) is 8.26. The molecule has 0 atom stereocenters. The van der Waals surface area contributed by atoms with Crippen LogP contribution < -0.4 is 16.0 Å². The monoisotopic (exact) mass is 258 g/mol. The Labute approximate surface area is 112 Å². The van der Waals surface area contributed by atoms with E-state index in [1.807, 2.05) is 25.1 Å². The Morgan fingerprint density at radius 3 is 2.74 bits per heavy atom. The summed E-state index contributed by atoms with van der Waals surface area (Å²) < 4.78 is 5.84. The Bertz CT molecular complexity index is 557. The molecule has 1 aromatic heterocycles. The molecule has 5 nitrogen and oxygen atoms in total. The summed E-state index contributed by atoms with van der Waals surface area (Å²) in [5.74, 6) is 7.35. The van der Waals surface area contributed by atoms with Gasteiger partial charge >= 0.3 is 0 Å². The maximum Gasteiger partial charge on any atom is 0.227 e. The van der Waals surface area contributed by atoms with Crippen molar-refractivity contribution in [2.75, 3.05) is 5.43 Å². The quantitative estimate of drug-likeness (QED) is 0.637. The Kier molecular flexibility index (Phi) is 4.30. The first-order valence-corrected chi connectivity index (χ1v) is 6.35. The van der Waals surface area contributed by atoms with Gasteiger partial charge in [0.05, 0.1) is 5.56 Å². The van der Waals surface area contributed by atoms with Gasteiger partial charge in [0.15, 0.2) is 0 Å². The summed E-state index contributed by atoms with van der Waals surface area (Å²) >= 11 is 0. The zero-order valence-corrected chi connectivity index (χ0v) is 11.2. The molecule has 0 aliphatic carbocycles. The van der Waals surface area contributed by atoms with Crippen LogP contribution in [0.2, 0.25) is 0 Å². The highest BCUT2D eigenvalue weighted by Crippen LogP contribution is 2.27. The molecule has 2 aromatic rings. The highest BCUT2D eigenvalue weighted by atomic mass is 16.5. The summed E-state index contributed by atoms with van der Waals surface area (Å²) in [5, 5.41) is 0. The molecule has 0 spiro atoms. The topological polar surface area (TPSA) is 73.1 Å². The van der Waals surface area contributed by atoms with Gasteiger partial charge in [0.2, 0.25) is 5.88 Å². The lowest BCUT2D eigenvalue weighted by atomic mass is 10.2. The maximum atomic E-state index is 5.84. The highest BCUT2D eigenvalue weighted by Gasteiger charge is 2.11. The van der Waals surface area contributed by atoms with Gasteiger partial charge in [-0.3, -0.25) is 0 Å². The van der Waals surface area contributed by atoms with Crippen molar-refractivity contribution in [3.63, 3.8) is 0 Å². The van der Waals surface area contributed by atoms with E-state index in [4.69, 9.17) is 10.6 Å². The first kappa shape index (κ1) is 13.3. The molecule has 3 N–H and O–H groups in total. The molecule has 0 amide bonds. The minimum atomic E-state index is 0.540. The van der Waals surface area contributed by atoms with Gasteiger partial charge in [0.1, 0.15) is 17.9 Å². The molecule has 100 valence electrons. The Balaban J connectivity index is 2.32. The van der Waals surface area contributed by atoms with Gasteiger partial charge in [-0.1, -0.05) is 26.0 Å². The van der Waals surface area contributed by atoms with Crippen molar-refractivity contribution in [2.45, 2.75) is 26.7 Å². The molecule has 19 heavy (non-hydrogen) atoms. The fourth-order valence-electron chi connectivity index (χ4n) is 1.87. The van der Waals surface area contributed by atoms with Crippen LogP contribution in [0, 0.1) is 0 Å². The van der Waals surface area contributed by atoms with Crippen molar-refractivity contribution < 1.29 is 4.74 Å². The van der Waals surface area contributed by atoms with Crippen molar-refractivity contribution in [1.29, 1.82) is 0 Å². The summed E-state index contributed by atoms with van der Waals surface area (Å²) in [5.41, 5.74) is 4.66. The van der Waals surface area contributed by atoms with Crippen LogP contribution in [-0.2, 0) is 12.8 Å². The summed E-state index contributed by atoms with van der Waals surface area (Å²) in [6.07, 6.45) is 3.15. The smallest absolute Gasteiger partial charge is 0.227 e. The number of rotatable bonds is 5. The zero-order valence-electron chi connectivity index (χ0n) is 11.2. The molecule has 1 aromatic carbocycles. The highest BCUT2D eigenvalue weighted by molar-refractivity contribution is 5.49. The van der Waals surface area contributed by atoms with Crippen LogP contribution in [0.25, 0.3) is 0 Å². The predicted molar refractivity (Wildman–Crippen MR) is 75.1 cm³/mol. The van der Waals surface area contributed by atoms with E-state index in [0.29, 0.717) is 11.7 Å². The minimum absolute atomic E-state index is 0.540. The van der Waals surface area contributed by atoms with Gasteiger partial charge in [0.25, 0.3) is 0 Å². The lowest BCUT2D eigenvalue weighted by Gasteiger charge is -2.12. The van der Waals surface area contributed by atoms with Crippen LogP contribution in [0.3, 0.4) is 0 Å². The van der Waals surface area contributed by atoms with Crippen molar-refractivity contribution in [1.82, 2.24) is 9.97 Å². The van der Waals surface area contributed by atoms with E-state index in [1.54, 1.807) is 0 Å². The number of hydrogen-bond acceptors (Lipinski definition) is 5. The van der Waals surface area contributed by atoms with E-state index in [1.165, 1.54) is 11.9 Å². The number of nitrogens with one attached hydrogen (secondary N) is 1. The molecule has 0 saturated carbocycles. The Hall–Kier alpha value is -2.14. The van der Waals surface area contributed by atoms with Crippen LogP contribution in [-0.4, -0.2) is 9.97 Å². The van der Waals surface area contributed by atoms with Crippen LogP contribution in [0.15, 0.2) is 30.6 Å². The summed E-state index contributed by atoms with van der Waals surface area (Å²) in [7, 11) is 0. The van der Waals surface area contributed by atoms with Gasteiger partial charge in [-0.05, 0) is 30.5 Å². The number of aromatic nitrogens is 2. The third kappa shape index (κ3) is 3.00. The maximum absolute atomic E-state index is 5.84. The number of nitrogen functional groups attached to an aromatic ring is 1. The van der Waals surface area contributed by atoms with Gasteiger partial charge in [-0.2, -0.15) is 0 Å². The van der Waals surface area contributed by atoms with E-state index < -0.39 is 0 Å². The number of benzene rings is 1. The first-order chi connectivity index (χ1) is 9.28. The first-order valence-electron chi connectivity index (χ1n) is 6.35. The fraction of sp³-hybridized carbons (Fsp3) is 0.286. The van der Waals surface area contributed by atoms with Gasteiger partial charge in [-0.25, -0.2) is 15.8 Å². The zero-order chi connectivity index (χ0) is 13.7. The van der Waals surface area contributed by atoms with E-state index in [0.717, 1.165) is 24.2 Å². The summed E-state index contributed by atoms with van der Waals surface area (Å²) in [6, 6.07) is 7.97. The van der Waals surface area contributed by atoms with Crippen molar-refractivity contribution in [2.24, 2.45) is 5.84 Å². The number of nitrogens with two attached hydrogens (primary N) is 1. The second-order valence-corrected chi connectivity index (χ2v) is 4.11. The van der Waals surface area contributed by atoms with Gasteiger partial charge in [0, 0.05) is 0 Å². The van der Waals surface area contributed by atoms with E-state index in [-0.39, 0.29) is 0 Å². The number of hydrazine groups is 1. The molecular weight excluding hydrogens is 240 g/mol. The third-order valence-corrected chi connectivity index (χ3v) is 2.92. The molecule has 2 rings (SSSR count). The predicted octanol–water partition coefficient (Wildman–Crippen LogP) is 2.68. The molecule has 5 heteroatoms. The van der Waals surface area contributed by atoms with Crippen molar-refractivity contribution in [3.8, 4) is 11.6 Å². The van der Waals surface area contributed by atoms with Crippen molar-refractivity contribution in [3.05, 3.63) is 41.7 Å². The fourth-order valence-corrected chi connectivity index (χ4v) is 1.87. The lowest BCUT2D eigenvalue weighted by molar-refractivity contribution is 0.455. The molecule has 1 heterocycles. The molecule has 0 aliphatic rings. The minimum Gasteiger partial charge on any atom is -0.439 e. The molecule has 0 fully saturated rings. The van der Waals surface area contributed by atoms with Crippen LogP contribution in [0.4, 0.5) is 5.82 Å². The van der Waals surface area contributed by atoms with Crippen LogP contribution in [0.5, 0.6) is 11.6 Å². The molecule has 0 aliphatic heterocycles. The largest absolute Gasteiger partial charge is 0.439 e. The Morgan fingerprint density at radius 1 is 1.21 bits per heavy atom. The lowest BCUT2D eigenvalue weighted by Crippen LogP contribution is -2.12. The van der Waals surface area contributed by atoms with Gasteiger partial charge < -0.3 is 10.2 Å². The van der Waals surface area contributed by atoms with E-state index in [2.05, 4.69) is 28.4 Å². The van der Waals surface area contributed by atoms with E-state index >= 15 is 0 Å². The molecule has 0 bridgehead atoms. The van der Waals surface area contributed by atoms with Crippen molar-refractivity contribution >= 4 is 5.82 Å². The average molecular weight is 258 g/mol. The standard InChI is InChI=1S/C14H18N4O/c1-3-10-6-5-7-11(8-10)19-14-12(4-2)13(18-15)16-9-17-14/h5-9H,3-4,15H2,1-2H3,(H,16,17,18). The van der Waals surface area contributed by atoms with Gasteiger partial charge in [-0.15, -0.1) is 0 Å². The number of hydrogen-bond donors (Lipinski definition) is 2. The van der Waals surface area contributed by atoms with Crippen LogP contribution in [0.1, 0.15) is 25.0 Å². The number of ether oxygens (including phenoxy) is 1. The normalized spacial score (nSPS) is 10.3.